The Morgan fingerprint density at radius 1 is 0.826 bits per heavy atom. The molecule has 0 unspecified atom stereocenters. The molecule has 23 heavy (non-hydrogen) atoms. The SMILES string of the molecule is CCCCn1nnc(C(Cl)(Cl)C(Cl)(Cl)Cl)c1C(Cl)(Cl)C(Cl)(Cl)Cl. The molecule has 1 aromatic rings. The molecule has 3 nitrogen and oxygen atoms in total. The first-order valence-corrected chi connectivity index (χ1v) is 9.79. The average Bonchev–Trinajstić information content (AvgIpc) is 2.78. The minimum Gasteiger partial charge on any atom is -0.246 e. The Kier molecular flexibility index (Phi) is 7.99. The summed E-state index contributed by atoms with van der Waals surface area (Å²) in [6.45, 7) is 2.33. The molecule has 0 fully saturated rings. The molecule has 0 N–H and O–H groups in total. The lowest BCUT2D eigenvalue weighted by atomic mass is 10.2. The van der Waals surface area contributed by atoms with Crippen molar-refractivity contribution in [3.8, 4) is 0 Å². The van der Waals surface area contributed by atoms with Crippen LogP contribution < -0.4 is 0 Å². The van der Waals surface area contributed by atoms with Crippen molar-refractivity contribution in [1.29, 1.82) is 0 Å². The van der Waals surface area contributed by atoms with Crippen molar-refractivity contribution in [2.24, 2.45) is 0 Å². The number of aromatic nitrogens is 3. The first kappa shape index (κ1) is 23.1. The molecule has 134 valence electrons. The molecule has 13 heteroatoms. The van der Waals surface area contributed by atoms with Crippen LogP contribution in [0.15, 0.2) is 0 Å². The topological polar surface area (TPSA) is 30.7 Å². The van der Waals surface area contributed by atoms with E-state index in [1.807, 2.05) is 6.92 Å². The monoisotopic (exact) mass is 521 g/mol. The van der Waals surface area contributed by atoms with Gasteiger partial charge in [0.25, 0.3) is 0 Å². The van der Waals surface area contributed by atoms with Gasteiger partial charge in [0.1, 0.15) is 11.4 Å². The van der Waals surface area contributed by atoms with Gasteiger partial charge in [0.15, 0.2) is 0 Å². The summed E-state index contributed by atoms with van der Waals surface area (Å²) >= 11 is 59.9. The molecule has 1 rings (SSSR count). The van der Waals surface area contributed by atoms with Crippen LogP contribution in [0.3, 0.4) is 0 Å². The number of alkyl halides is 10. The molecule has 0 radical (unpaired) electrons. The van der Waals surface area contributed by atoms with Crippen LogP contribution in [-0.2, 0) is 15.2 Å². The van der Waals surface area contributed by atoms with E-state index in [-0.39, 0.29) is 11.4 Å². The lowest BCUT2D eigenvalue weighted by molar-refractivity contribution is 0.522. The fraction of sp³-hybridized carbons (Fsp3) is 0.800. The molecule has 0 aliphatic rings. The van der Waals surface area contributed by atoms with Crippen LogP contribution in [0.25, 0.3) is 0 Å². The number of aryl methyl sites for hydroxylation is 1. The van der Waals surface area contributed by atoms with Crippen LogP contribution in [0.4, 0.5) is 0 Å². The quantitative estimate of drug-likeness (QED) is 0.385. The van der Waals surface area contributed by atoms with E-state index >= 15 is 0 Å². The summed E-state index contributed by atoms with van der Waals surface area (Å²) in [5.41, 5.74) is -0.279. The predicted molar refractivity (Wildman–Crippen MR) is 102 cm³/mol. The number of rotatable bonds is 5. The fourth-order valence-corrected chi connectivity index (χ4v) is 2.73. The summed E-state index contributed by atoms with van der Waals surface area (Å²) in [5.74, 6) is 0. The number of hydrogen-bond donors (Lipinski definition) is 0. The lowest BCUT2D eigenvalue weighted by Gasteiger charge is -2.32. The van der Waals surface area contributed by atoms with Crippen LogP contribution in [0, 0.1) is 0 Å². The van der Waals surface area contributed by atoms with Gasteiger partial charge < -0.3 is 0 Å². The van der Waals surface area contributed by atoms with E-state index in [0.717, 1.165) is 6.42 Å². The van der Waals surface area contributed by atoms with Gasteiger partial charge in [-0.3, -0.25) is 0 Å². The zero-order valence-electron chi connectivity index (χ0n) is 11.2. The maximum absolute atomic E-state index is 6.25. The van der Waals surface area contributed by atoms with Gasteiger partial charge in [-0.25, -0.2) is 4.68 Å². The highest BCUT2D eigenvalue weighted by atomic mass is 35.6. The van der Waals surface area contributed by atoms with E-state index in [2.05, 4.69) is 10.3 Å². The second kappa shape index (κ2) is 7.96. The number of hydrogen-bond acceptors (Lipinski definition) is 2. The van der Waals surface area contributed by atoms with E-state index in [9.17, 15) is 0 Å². The second-order valence-electron chi connectivity index (χ2n) is 4.51. The first-order valence-electron chi connectivity index (χ1n) is 6.01. The summed E-state index contributed by atoms with van der Waals surface area (Å²) in [6, 6.07) is 0. The fourth-order valence-electron chi connectivity index (χ4n) is 1.57. The normalized spacial score (nSPS) is 14.4. The van der Waals surface area contributed by atoms with Crippen molar-refractivity contribution in [3.63, 3.8) is 0 Å². The van der Waals surface area contributed by atoms with Crippen LogP contribution in [0.5, 0.6) is 0 Å². The van der Waals surface area contributed by atoms with Crippen molar-refractivity contribution in [2.45, 2.75) is 42.6 Å². The van der Waals surface area contributed by atoms with E-state index < -0.39 is 16.3 Å². The zero-order chi connectivity index (χ0) is 18.3. The number of nitrogens with zero attached hydrogens (tertiary/aromatic N) is 3. The average molecular weight is 526 g/mol. The molecule has 0 spiro atoms. The summed E-state index contributed by atoms with van der Waals surface area (Å²) < 4.78 is -7.25. The molecular weight excluding hydrogens is 517 g/mol. The maximum Gasteiger partial charge on any atom is 0.228 e. The van der Waals surface area contributed by atoms with Gasteiger partial charge in [0.2, 0.25) is 16.3 Å². The van der Waals surface area contributed by atoms with E-state index in [0.29, 0.717) is 13.0 Å². The van der Waals surface area contributed by atoms with Crippen molar-refractivity contribution < 1.29 is 0 Å². The summed E-state index contributed by atoms with van der Waals surface area (Å²) in [7, 11) is 0. The molecule has 0 saturated carbocycles. The van der Waals surface area contributed by atoms with Gasteiger partial charge in [0, 0.05) is 6.54 Å². The standard InChI is InChI=1S/C10H9Cl10N3/c1-2-3-4-23-6(8(13,14)10(18,19)20)5(21-22-23)7(11,12)9(15,16)17/h2-4H2,1H3. The van der Waals surface area contributed by atoms with Crippen LogP contribution in [0.1, 0.15) is 31.2 Å². The highest BCUT2D eigenvalue weighted by molar-refractivity contribution is 6.76. The Balaban J connectivity index is 3.60. The molecule has 0 aliphatic carbocycles. The van der Waals surface area contributed by atoms with Gasteiger partial charge in [-0.1, -0.05) is 135 Å². The predicted octanol–water partition coefficient (Wildman–Crippen LogP) is 7.08. The molecule has 0 atom stereocenters. The van der Waals surface area contributed by atoms with Crippen LogP contribution in [0.2, 0.25) is 0 Å². The molecule has 0 aromatic carbocycles. The van der Waals surface area contributed by atoms with Gasteiger partial charge in [0.05, 0.1) is 0 Å². The molecule has 0 bridgehead atoms. The Hall–Kier alpha value is 2.04. The summed E-state index contributed by atoms with van der Waals surface area (Å²) in [5, 5.41) is 7.73. The number of unbranched alkanes of at least 4 members (excludes halogenated alkanes) is 1. The van der Waals surface area contributed by atoms with Gasteiger partial charge in [-0.05, 0) is 6.42 Å². The lowest BCUT2D eigenvalue weighted by Crippen LogP contribution is -2.37. The second-order valence-corrected chi connectivity index (χ2v) is 11.7. The Morgan fingerprint density at radius 3 is 1.70 bits per heavy atom. The Morgan fingerprint density at radius 2 is 1.30 bits per heavy atom. The smallest absolute Gasteiger partial charge is 0.228 e. The number of halogens is 10. The van der Waals surface area contributed by atoms with E-state index in [1.54, 1.807) is 0 Å². The molecular formula is C10H9Cl10N3. The Labute approximate surface area is 183 Å². The van der Waals surface area contributed by atoms with Gasteiger partial charge in [-0.2, -0.15) is 0 Å². The van der Waals surface area contributed by atoms with Crippen LogP contribution >= 0.6 is 116 Å². The molecule has 0 aliphatic heterocycles. The third-order valence-corrected chi connectivity index (χ3v) is 7.48. The molecule has 0 amide bonds. The van der Waals surface area contributed by atoms with E-state index in [1.165, 1.54) is 4.68 Å². The van der Waals surface area contributed by atoms with Gasteiger partial charge >= 0.3 is 0 Å². The van der Waals surface area contributed by atoms with Gasteiger partial charge in [-0.15, -0.1) is 5.10 Å². The third-order valence-electron chi connectivity index (χ3n) is 2.77. The van der Waals surface area contributed by atoms with Crippen molar-refractivity contribution in [2.75, 3.05) is 0 Å². The first-order chi connectivity index (χ1) is 10.2. The molecule has 0 saturated heterocycles. The molecule has 1 aromatic heterocycles. The molecule has 1 heterocycles. The summed E-state index contributed by atoms with van der Waals surface area (Å²) in [6.07, 6.45) is 1.56. The van der Waals surface area contributed by atoms with E-state index in [4.69, 9.17) is 116 Å². The van der Waals surface area contributed by atoms with Crippen molar-refractivity contribution >= 4 is 116 Å². The maximum atomic E-state index is 6.25. The highest BCUT2D eigenvalue weighted by Gasteiger charge is 2.58. The largest absolute Gasteiger partial charge is 0.246 e. The highest BCUT2D eigenvalue weighted by Crippen LogP contribution is 2.59. The van der Waals surface area contributed by atoms with Crippen molar-refractivity contribution in [3.05, 3.63) is 11.4 Å². The third kappa shape index (κ3) is 4.86. The minimum atomic E-state index is -2.17. The Bertz CT molecular complexity index is 542. The summed E-state index contributed by atoms with van der Waals surface area (Å²) in [4.78, 5) is 0. The van der Waals surface area contributed by atoms with Crippen LogP contribution in [-0.4, -0.2) is 22.6 Å². The minimum absolute atomic E-state index is 0.0643. The van der Waals surface area contributed by atoms with Crippen molar-refractivity contribution in [1.82, 2.24) is 15.0 Å². The zero-order valence-corrected chi connectivity index (χ0v) is 18.8.